The molecule has 1 aromatic heterocycles. The molecule has 0 unspecified atom stereocenters. The zero-order chi connectivity index (χ0) is 17.1. The predicted octanol–water partition coefficient (Wildman–Crippen LogP) is 3.73. The molecule has 1 fully saturated rings. The molecule has 2 heterocycles. The van der Waals surface area contributed by atoms with Crippen molar-refractivity contribution in [3.8, 4) is 0 Å². The van der Waals surface area contributed by atoms with Crippen LogP contribution in [0, 0.1) is 6.92 Å². The second kappa shape index (κ2) is 7.45. The van der Waals surface area contributed by atoms with Crippen molar-refractivity contribution in [2.75, 3.05) is 13.1 Å². The van der Waals surface area contributed by atoms with Gasteiger partial charge in [-0.1, -0.05) is 29.3 Å². The average Bonchev–Trinajstić information content (AvgIpc) is 2.57. The maximum Gasteiger partial charge on any atom is 0.266 e. The molecule has 4 nitrogen and oxygen atoms in total. The highest BCUT2D eigenvalue weighted by Gasteiger charge is 2.24. The summed E-state index contributed by atoms with van der Waals surface area (Å²) in [5, 5.41) is 0.570. The molecule has 0 radical (unpaired) electrons. The lowest BCUT2D eigenvalue weighted by Crippen LogP contribution is -2.39. The normalized spacial score (nSPS) is 15.5. The van der Waals surface area contributed by atoms with Crippen LogP contribution in [0.15, 0.2) is 46.2 Å². The number of thioether (sulfide) groups is 1. The van der Waals surface area contributed by atoms with Crippen molar-refractivity contribution in [3.63, 3.8) is 0 Å². The molecule has 0 bridgehead atoms. The van der Waals surface area contributed by atoms with Gasteiger partial charge < -0.3 is 9.88 Å². The first kappa shape index (κ1) is 17.1. The van der Waals surface area contributed by atoms with Gasteiger partial charge in [0.05, 0.1) is 5.56 Å². The molecular formula is C18H19ClN2O2S. The summed E-state index contributed by atoms with van der Waals surface area (Å²) in [6.45, 7) is 3.54. The van der Waals surface area contributed by atoms with E-state index in [0.717, 1.165) is 25.9 Å². The smallest absolute Gasteiger partial charge is 0.266 e. The molecular weight excluding hydrogens is 344 g/mol. The van der Waals surface area contributed by atoms with Gasteiger partial charge >= 0.3 is 0 Å². The Bertz CT molecular complexity index is 798. The van der Waals surface area contributed by atoms with Gasteiger partial charge in [0.2, 0.25) is 0 Å². The maximum absolute atomic E-state index is 12.5. The fourth-order valence-corrected chi connectivity index (χ4v) is 4.23. The lowest BCUT2D eigenvalue weighted by Gasteiger charge is -2.31. The van der Waals surface area contributed by atoms with E-state index in [1.54, 1.807) is 0 Å². The van der Waals surface area contributed by atoms with Crippen LogP contribution < -0.4 is 5.56 Å². The molecule has 0 aliphatic carbocycles. The van der Waals surface area contributed by atoms with Gasteiger partial charge in [-0.15, -0.1) is 11.8 Å². The third-order valence-corrected chi connectivity index (χ3v) is 5.74. The van der Waals surface area contributed by atoms with Crippen LogP contribution in [0.4, 0.5) is 0 Å². The molecule has 1 saturated heterocycles. The number of amides is 1. The van der Waals surface area contributed by atoms with Crippen molar-refractivity contribution in [2.24, 2.45) is 0 Å². The van der Waals surface area contributed by atoms with Gasteiger partial charge in [0.25, 0.3) is 11.5 Å². The lowest BCUT2D eigenvalue weighted by atomic mass is 10.1. The summed E-state index contributed by atoms with van der Waals surface area (Å²) in [7, 11) is 0. The van der Waals surface area contributed by atoms with E-state index in [1.165, 1.54) is 22.7 Å². The third kappa shape index (κ3) is 4.02. The molecule has 3 rings (SSSR count). The van der Waals surface area contributed by atoms with Gasteiger partial charge in [-0.05, 0) is 38.0 Å². The molecule has 0 atom stereocenters. The molecule has 1 aromatic carbocycles. The molecule has 1 N–H and O–H groups in total. The zero-order valence-electron chi connectivity index (χ0n) is 13.4. The van der Waals surface area contributed by atoms with Crippen LogP contribution in [-0.4, -0.2) is 34.1 Å². The summed E-state index contributed by atoms with van der Waals surface area (Å²) in [5.74, 6) is -0.0767. The maximum atomic E-state index is 12.5. The quantitative estimate of drug-likeness (QED) is 0.905. The first-order valence-corrected chi connectivity index (χ1v) is 9.19. The topological polar surface area (TPSA) is 53.2 Å². The van der Waals surface area contributed by atoms with Crippen LogP contribution in [0.2, 0.25) is 5.02 Å². The predicted molar refractivity (Wildman–Crippen MR) is 98.0 cm³/mol. The van der Waals surface area contributed by atoms with Crippen molar-refractivity contribution >= 4 is 29.3 Å². The number of carbonyl (C=O) groups excluding carboxylic acids is 1. The van der Waals surface area contributed by atoms with E-state index < -0.39 is 0 Å². The Balaban J connectivity index is 1.59. The van der Waals surface area contributed by atoms with E-state index in [9.17, 15) is 9.59 Å². The number of nitrogens with zero attached hydrogens (tertiary/aromatic N) is 1. The van der Waals surface area contributed by atoms with Crippen molar-refractivity contribution in [2.45, 2.75) is 29.9 Å². The van der Waals surface area contributed by atoms with E-state index in [-0.39, 0.29) is 16.5 Å². The zero-order valence-corrected chi connectivity index (χ0v) is 15.0. The van der Waals surface area contributed by atoms with Crippen molar-refractivity contribution in [1.29, 1.82) is 0 Å². The standard InChI is InChI=1S/C18H19ClN2O2S/c1-12-3-2-4-15(9-12)24-14-5-7-21(8-6-14)18(23)13-10-16(19)17(22)20-11-13/h2-4,9-11,14H,5-8H2,1H3,(H,20,22). The number of hydrogen-bond donors (Lipinski definition) is 1. The van der Waals surface area contributed by atoms with Gasteiger partial charge in [-0.2, -0.15) is 0 Å². The number of rotatable bonds is 3. The average molecular weight is 363 g/mol. The fraction of sp³-hybridized carbons (Fsp3) is 0.333. The first-order chi connectivity index (χ1) is 11.5. The number of carbonyl (C=O) groups is 1. The Kier molecular flexibility index (Phi) is 5.31. The number of hydrogen-bond acceptors (Lipinski definition) is 3. The Morgan fingerprint density at radius 3 is 2.71 bits per heavy atom. The molecule has 24 heavy (non-hydrogen) atoms. The second-order valence-electron chi connectivity index (χ2n) is 5.99. The van der Waals surface area contributed by atoms with Gasteiger partial charge in [0.1, 0.15) is 5.02 Å². The van der Waals surface area contributed by atoms with Crippen LogP contribution in [0.25, 0.3) is 0 Å². The third-order valence-electron chi connectivity index (χ3n) is 4.13. The lowest BCUT2D eigenvalue weighted by molar-refractivity contribution is 0.0727. The Morgan fingerprint density at radius 2 is 2.04 bits per heavy atom. The van der Waals surface area contributed by atoms with Crippen LogP contribution in [-0.2, 0) is 0 Å². The molecule has 1 aliphatic heterocycles. The number of aromatic amines is 1. The van der Waals surface area contributed by atoms with Crippen LogP contribution in [0.1, 0.15) is 28.8 Å². The number of piperidine rings is 1. The summed E-state index contributed by atoms with van der Waals surface area (Å²) in [6, 6.07) is 9.95. The summed E-state index contributed by atoms with van der Waals surface area (Å²) >= 11 is 7.69. The van der Waals surface area contributed by atoms with Gasteiger partial charge in [0, 0.05) is 29.4 Å². The number of pyridine rings is 1. The number of aromatic nitrogens is 1. The highest BCUT2D eigenvalue weighted by Crippen LogP contribution is 2.31. The Morgan fingerprint density at radius 1 is 1.29 bits per heavy atom. The molecule has 0 saturated carbocycles. The number of aryl methyl sites for hydroxylation is 1. The fourth-order valence-electron chi connectivity index (χ4n) is 2.82. The largest absolute Gasteiger partial charge is 0.339 e. The monoisotopic (exact) mass is 362 g/mol. The number of H-pyrrole nitrogens is 1. The summed E-state index contributed by atoms with van der Waals surface area (Å²) in [5.41, 5.74) is 1.33. The van der Waals surface area contributed by atoms with Crippen LogP contribution in [0.5, 0.6) is 0 Å². The molecule has 1 amide bonds. The van der Waals surface area contributed by atoms with E-state index in [1.807, 2.05) is 16.7 Å². The molecule has 0 spiro atoms. The van der Waals surface area contributed by atoms with Crippen LogP contribution in [0.3, 0.4) is 0 Å². The number of halogens is 1. The minimum atomic E-state index is -0.374. The minimum Gasteiger partial charge on any atom is -0.339 e. The van der Waals surface area contributed by atoms with Gasteiger partial charge in [-0.3, -0.25) is 9.59 Å². The second-order valence-corrected chi connectivity index (χ2v) is 7.77. The minimum absolute atomic E-state index is 0.0470. The summed E-state index contributed by atoms with van der Waals surface area (Å²) in [4.78, 5) is 29.4. The van der Waals surface area contributed by atoms with Crippen molar-refractivity contribution in [1.82, 2.24) is 9.88 Å². The van der Waals surface area contributed by atoms with E-state index >= 15 is 0 Å². The number of likely N-dealkylation sites (tertiary alicyclic amines) is 1. The van der Waals surface area contributed by atoms with E-state index in [2.05, 4.69) is 36.2 Å². The molecule has 126 valence electrons. The highest BCUT2D eigenvalue weighted by atomic mass is 35.5. The Hall–Kier alpha value is -1.72. The number of benzene rings is 1. The number of nitrogens with one attached hydrogen (secondary N) is 1. The highest BCUT2D eigenvalue weighted by molar-refractivity contribution is 8.00. The van der Waals surface area contributed by atoms with Crippen molar-refractivity contribution < 1.29 is 4.79 Å². The van der Waals surface area contributed by atoms with Crippen molar-refractivity contribution in [3.05, 3.63) is 63.0 Å². The van der Waals surface area contributed by atoms with Gasteiger partial charge in [0.15, 0.2) is 0 Å². The van der Waals surface area contributed by atoms with Crippen LogP contribution >= 0.6 is 23.4 Å². The SMILES string of the molecule is Cc1cccc(SC2CCN(C(=O)c3c[nH]c(=O)c(Cl)c3)CC2)c1. The van der Waals surface area contributed by atoms with Gasteiger partial charge in [-0.25, -0.2) is 0 Å². The summed E-state index contributed by atoms with van der Waals surface area (Å²) < 4.78 is 0. The van der Waals surface area contributed by atoms with E-state index in [4.69, 9.17) is 11.6 Å². The molecule has 6 heteroatoms. The van der Waals surface area contributed by atoms with E-state index in [0.29, 0.717) is 10.8 Å². The molecule has 2 aromatic rings. The first-order valence-electron chi connectivity index (χ1n) is 7.94. The summed E-state index contributed by atoms with van der Waals surface area (Å²) in [6.07, 6.45) is 3.35. The molecule has 1 aliphatic rings. The Labute approximate surface area is 150 Å².